The standard InChI is InChI=1S/Na.10H2O3S2.H/c;10*1-5(2,3)4;/h;10*(H2,1,2,3,4);. The third-order valence-electron chi connectivity index (χ3n) is 0. The molecule has 0 aromatic carbocycles. The first-order chi connectivity index (χ1) is 20.0. The van der Waals surface area contributed by atoms with E-state index in [0.717, 1.165) is 0 Å². The molecule has 0 fully saturated rings. The molecule has 0 radical (unpaired) electrons. The molecule has 0 aliphatic carbocycles. The van der Waals surface area contributed by atoms with E-state index in [1.54, 1.807) is 0 Å². The third kappa shape index (κ3) is 9550. The van der Waals surface area contributed by atoms with Crippen molar-refractivity contribution >= 4 is 232 Å². The van der Waals surface area contributed by atoms with Crippen molar-refractivity contribution in [1.29, 1.82) is 0 Å². The minimum atomic E-state index is -3.83. The van der Waals surface area contributed by atoms with Crippen LogP contribution in [0.25, 0.3) is 0 Å². The second kappa shape index (κ2) is 36.9. The van der Waals surface area contributed by atoms with Crippen LogP contribution in [0.1, 0.15) is 0 Å². The van der Waals surface area contributed by atoms with Gasteiger partial charge in [0.05, 0.1) is 0 Å². The molecule has 0 bridgehead atoms. The van der Waals surface area contributed by atoms with Crippen LogP contribution in [-0.4, -0.2) is 163 Å². The Hall–Kier alpha value is 3.90. The summed E-state index contributed by atoms with van der Waals surface area (Å²) >= 11 is 34.7. The van der Waals surface area contributed by atoms with Crippen molar-refractivity contribution in [1.82, 2.24) is 0 Å². The van der Waals surface area contributed by atoms with E-state index in [0.29, 0.717) is 0 Å². The average Bonchev–Trinajstić information content (AvgIpc) is 2.34. The molecule has 0 saturated heterocycles. The van der Waals surface area contributed by atoms with Crippen LogP contribution in [0.15, 0.2) is 0 Å². The van der Waals surface area contributed by atoms with Crippen LogP contribution in [0.3, 0.4) is 0 Å². The Kier molecular flexibility index (Phi) is 59.9. The van der Waals surface area contributed by atoms with Crippen LogP contribution in [0.5, 0.6) is 0 Å². The van der Waals surface area contributed by atoms with Gasteiger partial charge in [-0.05, 0) is 0 Å². The van der Waals surface area contributed by atoms with Gasteiger partial charge in [-0.25, -0.2) is 0 Å². The Morgan fingerprint density at radius 3 is 0.176 bits per heavy atom. The number of hydrogen-bond acceptors (Lipinski definition) is 20. The van der Waals surface area contributed by atoms with Crippen molar-refractivity contribution in [3.63, 3.8) is 0 Å². The minimum absolute atomic E-state index is 0. The number of rotatable bonds is 0. The molecule has 30 nitrogen and oxygen atoms in total. The van der Waals surface area contributed by atoms with Gasteiger partial charge in [-0.2, -0.15) is 42.1 Å². The van der Waals surface area contributed by atoms with Crippen LogP contribution < -0.4 is 0 Å². The van der Waals surface area contributed by atoms with Crippen molar-refractivity contribution in [3.8, 4) is 0 Å². The molecule has 0 spiro atoms. The monoisotopic (exact) mass is 1160 g/mol. The molecule has 0 aliphatic heterocycles. The predicted molar refractivity (Wildman–Crippen MR) is 215 cm³/mol. The molecular weight excluding hydrogens is 1140 g/mol. The molecule has 51 heavy (non-hydrogen) atoms. The second-order valence-electron chi connectivity index (χ2n) is 4.48. The topological polar surface area (TPSA) is 575 Å². The van der Waals surface area contributed by atoms with Gasteiger partial charge in [0.25, 0.3) is 90.5 Å². The van der Waals surface area contributed by atoms with Gasteiger partial charge in [0, 0.05) is 112 Å². The van der Waals surface area contributed by atoms with Crippen LogP contribution >= 0.6 is 0 Å². The summed E-state index contributed by atoms with van der Waals surface area (Å²) in [5.74, 6) is 0. The maximum absolute atomic E-state index is 9.11. The van der Waals surface area contributed by atoms with E-state index in [2.05, 4.69) is 112 Å². The number of hydrogen-bond donors (Lipinski definition) is 20. The van der Waals surface area contributed by atoms with Gasteiger partial charge >= 0.3 is 29.6 Å². The van der Waals surface area contributed by atoms with Gasteiger partial charge in [0.1, 0.15) is 0 Å². The molecule has 20 N–H and O–H groups in total. The molecule has 51 heteroatoms. The quantitative estimate of drug-likeness (QED) is 0.103. The summed E-state index contributed by atoms with van der Waals surface area (Å²) < 4.78 is 240. The summed E-state index contributed by atoms with van der Waals surface area (Å²) in [6.07, 6.45) is 0. The first kappa shape index (κ1) is 82.8. The van der Waals surface area contributed by atoms with Gasteiger partial charge in [0.2, 0.25) is 0 Å². The Morgan fingerprint density at radius 1 is 0.176 bits per heavy atom. The third-order valence-corrected chi connectivity index (χ3v) is 0. The summed E-state index contributed by atoms with van der Waals surface area (Å²) in [6.45, 7) is 0. The van der Waals surface area contributed by atoms with Crippen LogP contribution in [0.2, 0.25) is 0 Å². The van der Waals surface area contributed by atoms with E-state index in [-0.39, 0.29) is 29.6 Å². The zero-order valence-electron chi connectivity index (χ0n) is 21.2. The van der Waals surface area contributed by atoms with E-state index in [4.69, 9.17) is 133 Å². The molecule has 0 amide bonds. The van der Waals surface area contributed by atoms with Crippen LogP contribution in [0, 0.1) is 0 Å². The van der Waals surface area contributed by atoms with Gasteiger partial charge in [-0.1, -0.05) is 0 Å². The predicted octanol–water partition coefficient (Wildman–Crippen LogP) is -3.86. The fourth-order valence-corrected chi connectivity index (χ4v) is 0. The van der Waals surface area contributed by atoms with Crippen LogP contribution in [0.4, 0.5) is 0 Å². The zero-order chi connectivity index (χ0) is 45.0. The summed E-state index contributed by atoms with van der Waals surface area (Å²) in [4.78, 5) is 0. The summed E-state index contributed by atoms with van der Waals surface area (Å²) in [5.41, 5.74) is 0. The van der Waals surface area contributed by atoms with Crippen molar-refractivity contribution in [3.05, 3.63) is 0 Å². The van der Waals surface area contributed by atoms with Crippen molar-refractivity contribution in [2.24, 2.45) is 0 Å². The van der Waals surface area contributed by atoms with Crippen molar-refractivity contribution in [2.75, 3.05) is 0 Å². The van der Waals surface area contributed by atoms with Crippen molar-refractivity contribution < 1.29 is 133 Å². The zero-order valence-corrected chi connectivity index (χ0v) is 37.5. The molecule has 0 saturated carbocycles. The normalized spacial score (nSPS) is 11.4. The molecule has 0 unspecified atom stereocenters. The van der Waals surface area contributed by atoms with E-state index < -0.39 is 90.5 Å². The summed E-state index contributed by atoms with van der Waals surface area (Å²) in [5, 5.41) is 0. The van der Waals surface area contributed by atoms with E-state index in [9.17, 15) is 0 Å². The fraction of sp³-hybridized carbons (Fsp3) is 0. The Morgan fingerprint density at radius 2 is 0.176 bits per heavy atom. The van der Waals surface area contributed by atoms with Crippen molar-refractivity contribution in [2.45, 2.75) is 0 Å². The Bertz CT molecular complexity index is 1390. The fourth-order valence-electron chi connectivity index (χ4n) is 0. The molecule has 0 atom stereocenters. The second-order valence-corrected chi connectivity index (χ2v) is 26.5. The van der Waals surface area contributed by atoms with Gasteiger partial charge in [0.15, 0.2) is 0 Å². The summed E-state index contributed by atoms with van der Waals surface area (Å²) in [7, 11) is -38.3. The summed E-state index contributed by atoms with van der Waals surface area (Å²) in [6, 6.07) is 0. The van der Waals surface area contributed by atoms with Gasteiger partial charge in [-0.15, -0.1) is 0 Å². The van der Waals surface area contributed by atoms with E-state index in [1.165, 1.54) is 0 Å². The molecule has 0 aromatic heterocycles. The molecule has 322 valence electrons. The average molecular weight is 1170 g/mol. The van der Waals surface area contributed by atoms with Crippen LogP contribution in [-0.2, 0) is 202 Å². The van der Waals surface area contributed by atoms with Gasteiger partial charge < -0.3 is 0 Å². The first-order valence-electron chi connectivity index (χ1n) is 6.98. The molecule has 0 aliphatic rings. The van der Waals surface area contributed by atoms with E-state index >= 15 is 0 Å². The Balaban J connectivity index is -0.0000000386. The van der Waals surface area contributed by atoms with Gasteiger partial charge in [-0.3, -0.25) is 91.1 Å². The Labute approximate surface area is 359 Å². The molecule has 0 heterocycles. The molecule has 0 aromatic rings. The maximum atomic E-state index is 9.11. The molecule has 0 rings (SSSR count). The SMILES string of the molecule is O=S(O)(O)=S.O=S(O)(O)=S.O=S(O)(O)=S.O=S(O)(O)=S.O=S(O)(O)=S.O=S(O)(O)=S.O=S(O)(O)=S.O=S(O)(O)=S.O=S(O)(O)=S.O=S(O)(O)=S.[NaH]. The molecular formula is H21NaO30S20. The van der Waals surface area contributed by atoms with E-state index in [1.807, 2.05) is 0 Å². The first-order valence-corrected chi connectivity index (χ1v) is 31.0.